The Balaban J connectivity index is 0.00000144. The molecule has 3 heterocycles. The molecule has 0 saturated carbocycles. The number of rotatable bonds is 4. The number of halogens is 3. The zero-order valence-corrected chi connectivity index (χ0v) is 22.7. The van der Waals surface area contributed by atoms with E-state index in [0.717, 1.165) is 34.2 Å². The molecule has 0 amide bonds. The molecule has 2 aliphatic heterocycles. The van der Waals surface area contributed by atoms with Crippen molar-refractivity contribution in [1.29, 1.82) is 0 Å². The molecule has 7 nitrogen and oxygen atoms in total. The van der Waals surface area contributed by atoms with E-state index in [4.69, 9.17) is 25.0 Å². The first-order chi connectivity index (χ1) is 14.5. The quantitative estimate of drug-likeness (QED) is 0.372. The van der Waals surface area contributed by atoms with Crippen molar-refractivity contribution in [3.05, 3.63) is 77.4 Å². The fourth-order valence-corrected chi connectivity index (χ4v) is 3.61. The van der Waals surface area contributed by atoms with Crippen LogP contribution in [0.25, 0.3) is 0 Å². The number of allylic oxidation sites excluding steroid dienone is 2. The maximum absolute atomic E-state index is 4.77. The summed E-state index contributed by atoms with van der Waals surface area (Å²) in [7, 11) is 8.08. The molecular weight excluding hydrogens is 532 g/mol. The molecule has 0 saturated heterocycles. The van der Waals surface area contributed by atoms with Crippen molar-refractivity contribution in [3.63, 3.8) is 0 Å². The van der Waals surface area contributed by atoms with Crippen molar-refractivity contribution in [3.8, 4) is 0 Å². The van der Waals surface area contributed by atoms with E-state index < -0.39 is 0 Å². The Morgan fingerprint density at radius 1 is 0.676 bits per heavy atom. The van der Waals surface area contributed by atoms with Gasteiger partial charge in [0.15, 0.2) is 11.7 Å². The minimum absolute atomic E-state index is 0. The average molecular weight is 555 g/mol. The van der Waals surface area contributed by atoms with Gasteiger partial charge in [-0.05, 0) is 36.4 Å². The third kappa shape index (κ3) is 5.73. The van der Waals surface area contributed by atoms with Crippen LogP contribution in [0.15, 0.2) is 86.0 Å². The molecule has 1 radical (unpaired) electrons. The van der Waals surface area contributed by atoms with Crippen molar-refractivity contribution in [2.75, 3.05) is 28.2 Å². The summed E-state index contributed by atoms with van der Waals surface area (Å²) in [5.41, 5.74) is 5.58. The van der Waals surface area contributed by atoms with Gasteiger partial charge in [-0.2, -0.15) is 0 Å². The SMILES string of the molecule is CN(C)C1=CC2=NC(c3cccc(C4=NC5C=CC(N(C)C)=CC5=N4)n3)=NC2C=C1.[Cl-].[Cl-].[Cl-].[V]. The van der Waals surface area contributed by atoms with Gasteiger partial charge in [-0.1, -0.05) is 18.2 Å². The second-order valence-electron chi connectivity index (χ2n) is 7.92. The van der Waals surface area contributed by atoms with Crippen LogP contribution in [-0.4, -0.2) is 78.2 Å². The normalized spacial score (nSPS) is 20.8. The molecule has 2 atom stereocenters. The largest absolute Gasteiger partial charge is 1.00 e. The fraction of sp³-hybridized carbons (Fsp3) is 0.261. The van der Waals surface area contributed by atoms with Gasteiger partial charge >= 0.3 is 0 Å². The number of hydrogen-bond acceptors (Lipinski definition) is 7. The predicted molar refractivity (Wildman–Crippen MR) is 122 cm³/mol. The van der Waals surface area contributed by atoms with Gasteiger partial charge in [-0.15, -0.1) is 0 Å². The third-order valence-corrected chi connectivity index (χ3v) is 5.33. The Morgan fingerprint density at radius 3 is 1.47 bits per heavy atom. The van der Waals surface area contributed by atoms with Crippen LogP contribution in [-0.2, 0) is 18.6 Å². The molecular formula is C23H23Cl3N7V-3. The van der Waals surface area contributed by atoms with Gasteiger partial charge in [0.1, 0.15) is 23.5 Å². The maximum atomic E-state index is 4.77. The molecule has 0 bridgehead atoms. The topological polar surface area (TPSA) is 68.8 Å². The maximum Gasteiger partial charge on any atom is 0.174 e. The Bertz CT molecular complexity index is 1090. The molecule has 5 rings (SSSR count). The van der Waals surface area contributed by atoms with Crippen LogP contribution in [0.5, 0.6) is 0 Å². The average Bonchev–Trinajstić information content (AvgIpc) is 3.36. The van der Waals surface area contributed by atoms with Crippen LogP contribution in [0.3, 0.4) is 0 Å². The van der Waals surface area contributed by atoms with Crippen molar-refractivity contribution >= 4 is 23.1 Å². The van der Waals surface area contributed by atoms with Gasteiger partial charge in [-0.3, -0.25) is 9.98 Å². The third-order valence-electron chi connectivity index (χ3n) is 5.33. The van der Waals surface area contributed by atoms with Crippen LogP contribution >= 0.6 is 0 Å². The van der Waals surface area contributed by atoms with Crippen LogP contribution in [0.1, 0.15) is 11.4 Å². The number of hydrogen-bond donors (Lipinski definition) is 0. The van der Waals surface area contributed by atoms with E-state index in [0.29, 0.717) is 11.7 Å². The first-order valence-corrected chi connectivity index (χ1v) is 9.93. The molecule has 179 valence electrons. The molecule has 0 aromatic carbocycles. The van der Waals surface area contributed by atoms with Gasteiger partial charge in [0, 0.05) is 58.1 Å². The van der Waals surface area contributed by atoms with Crippen molar-refractivity contribution in [2.24, 2.45) is 20.0 Å². The second-order valence-corrected chi connectivity index (χ2v) is 7.92. The number of pyridine rings is 1. The molecule has 0 spiro atoms. The van der Waals surface area contributed by atoms with Gasteiger partial charge in [0.2, 0.25) is 0 Å². The van der Waals surface area contributed by atoms with E-state index in [1.165, 1.54) is 0 Å². The summed E-state index contributed by atoms with van der Waals surface area (Å²) >= 11 is 0. The van der Waals surface area contributed by atoms with E-state index in [1.807, 2.05) is 46.4 Å². The van der Waals surface area contributed by atoms with Gasteiger partial charge in [0.05, 0.1) is 11.4 Å². The number of aliphatic imine (C=N–C) groups is 4. The molecule has 0 fully saturated rings. The van der Waals surface area contributed by atoms with Crippen LogP contribution in [0.2, 0.25) is 0 Å². The Kier molecular flexibility index (Phi) is 10.5. The Labute approximate surface area is 230 Å². The first kappa shape index (κ1) is 29.9. The van der Waals surface area contributed by atoms with Gasteiger partial charge < -0.3 is 47.0 Å². The van der Waals surface area contributed by atoms with E-state index in [-0.39, 0.29) is 67.9 Å². The fourth-order valence-electron chi connectivity index (χ4n) is 3.61. The predicted octanol–water partition coefficient (Wildman–Crippen LogP) is -6.74. The number of amidine groups is 2. The molecule has 1 aromatic heterocycles. The minimum Gasteiger partial charge on any atom is -1.00 e. The summed E-state index contributed by atoms with van der Waals surface area (Å²) in [6.07, 6.45) is 12.4. The van der Waals surface area contributed by atoms with Gasteiger partial charge in [0.25, 0.3) is 0 Å². The van der Waals surface area contributed by atoms with Crippen LogP contribution in [0.4, 0.5) is 0 Å². The summed E-state index contributed by atoms with van der Waals surface area (Å²) in [6, 6.07) is 5.75. The summed E-state index contributed by atoms with van der Waals surface area (Å²) in [5, 5.41) is 0. The molecule has 4 aliphatic rings. The Hall–Kier alpha value is -2.16. The van der Waals surface area contributed by atoms with Crippen molar-refractivity contribution in [2.45, 2.75) is 12.1 Å². The molecule has 1 aromatic rings. The number of nitrogens with zero attached hydrogens (tertiary/aromatic N) is 7. The van der Waals surface area contributed by atoms with Crippen molar-refractivity contribution in [1.82, 2.24) is 14.8 Å². The van der Waals surface area contributed by atoms with Crippen LogP contribution < -0.4 is 37.2 Å². The zero-order chi connectivity index (χ0) is 20.8. The molecule has 11 heteroatoms. The summed E-state index contributed by atoms with van der Waals surface area (Å²) in [6.45, 7) is 0. The van der Waals surface area contributed by atoms with E-state index in [1.54, 1.807) is 0 Å². The van der Waals surface area contributed by atoms with E-state index >= 15 is 0 Å². The van der Waals surface area contributed by atoms with E-state index in [2.05, 4.69) is 46.3 Å². The first-order valence-electron chi connectivity index (χ1n) is 9.93. The number of likely N-dealkylation sites (N-methyl/N-ethyl adjacent to an activating group) is 2. The zero-order valence-electron chi connectivity index (χ0n) is 19.1. The summed E-state index contributed by atoms with van der Waals surface area (Å²) < 4.78 is 0. The number of fused-ring (bicyclic) bond motifs is 2. The summed E-state index contributed by atoms with van der Waals surface area (Å²) in [5.74, 6) is 1.30. The molecule has 0 N–H and O–H groups in total. The molecule has 34 heavy (non-hydrogen) atoms. The number of aromatic nitrogens is 1. The van der Waals surface area contributed by atoms with E-state index in [9.17, 15) is 0 Å². The second kappa shape index (κ2) is 12.0. The molecule has 2 aliphatic carbocycles. The Morgan fingerprint density at radius 2 is 1.09 bits per heavy atom. The molecule has 2 unspecified atom stereocenters. The summed E-state index contributed by atoms with van der Waals surface area (Å²) in [4.78, 5) is 27.8. The monoisotopic (exact) mass is 553 g/mol. The van der Waals surface area contributed by atoms with Gasteiger partial charge in [-0.25, -0.2) is 15.0 Å². The van der Waals surface area contributed by atoms with Crippen molar-refractivity contribution < 1.29 is 55.8 Å². The standard InChI is InChI=1S/C23H23N7.3ClH.V/c1-29(2)14-8-10-16-20(12-14)27-22(25-16)18-6-5-7-19(24-18)23-26-17-11-9-15(30(3)4)13-21(17)28-23;;;;/h5-13,16-17H,1-4H3;3*1H;/p-3. The minimum atomic E-state index is -0.0409. The smallest absolute Gasteiger partial charge is 0.174 e. The van der Waals surface area contributed by atoms with Crippen LogP contribution in [0, 0.1) is 0 Å².